The molecule has 0 fully saturated rings. The molecule has 0 aliphatic carbocycles. The number of fused-ring (bicyclic) bond motifs is 2. The van der Waals surface area contributed by atoms with Gasteiger partial charge in [-0.15, -0.1) is 0 Å². The molecular formula is C24H28N6O3. The average molecular weight is 449 g/mol. The molecule has 4 aromatic rings. The first-order chi connectivity index (χ1) is 15.7. The highest BCUT2D eigenvalue weighted by atomic mass is 16.2. The van der Waals surface area contributed by atoms with Crippen molar-refractivity contribution in [1.29, 1.82) is 0 Å². The van der Waals surface area contributed by atoms with Crippen LogP contribution in [0.2, 0.25) is 0 Å². The highest BCUT2D eigenvalue weighted by Gasteiger charge is 2.21. The summed E-state index contributed by atoms with van der Waals surface area (Å²) in [6, 6.07) is 9.37. The zero-order chi connectivity index (χ0) is 23.7. The van der Waals surface area contributed by atoms with E-state index in [0.717, 1.165) is 16.9 Å². The molecule has 0 saturated carbocycles. The molecule has 3 heterocycles. The number of rotatable bonds is 7. The van der Waals surface area contributed by atoms with Crippen LogP contribution in [0.3, 0.4) is 0 Å². The predicted molar refractivity (Wildman–Crippen MR) is 128 cm³/mol. The topological polar surface area (TPSA) is 126 Å². The van der Waals surface area contributed by atoms with E-state index in [1.165, 1.54) is 4.57 Å². The van der Waals surface area contributed by atoms with E-state index in [-0.39, 0.29) is 34.3 Å². The molecule has 0 radical (unpaired) electrons. The van der Waals surface area contributed by atoms with Gasteiger partial charge in [0.05, 0.1) is 22.0 Å². The third-order valence-electron chi connectivity index (χ3n) is 5.44. The molecule has 0 aliphatic heterocycles. The number of amides is 1. The van der Waals surface area contributed by atoms with Gasteiger partial charge in [0.1, 0.15) is 5.82 Å². The van der Waals surface area contributed by atoms with E-state index in [1.54, 1.807) is 6.07 Å². The lowest BCUT2D eigenvalue weighted by atomic mass is 10.0. The minimum atomic E-state index is -0.611. The Morgan fingerprint density at radius 1 is 1.09 bits per heavy atom. The number of H-pyrrole nitrogens is 2. The first-order valence-electron chi connectivity index (χ1n) is 11.1. The Labute approximate surface area is 190 Å². The van der Waals surface area contributed by atoms with Crippen molar-refractivity contribution in [1.82, 2.24) is 29.8 Å². The summed E-state index contributed by atoms with van der Waals surface area (Å²) in [6.45, 7) is 8.57. The van der Waals surface area contributed by atoms with Gasteiger partial charge in [-0.25, -0.2) is 14.8 Å². The summed E-state index contributed by atoms with van der Waals surface area (Å²) in [4.78, 5) is 53.1. The molecule has 0 bridgehead atoms. The summed E-state index contributed by atoms with van der Waals surface area (Å²) < 4.78 is 1.44. The summed E-state index contributed by atoms with van der Waals surface area (Å²) in [5.74, 6) is 0.545. The molecule has 3 N–H and O–H groups in total. The van der Waals surface area contributed by atoms with Crippen molar-refractivity contribution < 1.29 is 4.79 Å². The minimum absolute atomic E-state index is 0.0124. The molecule has 172 valence electrons. The van der Waals surface area contributed by atoms with Crippen LogP contribution in [-0.4, -0.2) is 37.0 Å². The number of hydrogen-bond acceptors (Lipinski definition) is 5. The van der Waals surface area contributed by atoms with E-state index < -0.39 is 11.2 Å². The van der Waals surface area contributed by atoms with Crippen molar-refractivity contribution >= 4 is 28.0 Å². The van der Waals surface area contributed by atoms with E-state index >= 15 is 0 Å². The van der Waals surface area contributed by atoms with Gasteiger partial charge in [0.2, 0.25) is 0 Å². The fourth-order valence-electron chi connectivity index (χ4n) is 3.82. The van der Waals surface area contributed by atoms with Crippen molar-refractivity contribution in [3.05, 3.63) is 68.3 Å². The van der Waals surface area contributed by atoms with Crippen LogP contribution in [0.15, 0.2) is 39.9 Å². The maximum atomic E-state index is 13.2. The third-order valence-corrected chi connectivity index (χ3v) is 5.44. The molecular weight excluding hydrogens is 420 g/mol. The minimum Gasteiger partial charge on any atom is -0.352 e. The van der Waals surface area contributed by atoms with Crippen molar-refractivity contribution in [3.63, 3.8) is 0 Å². The number of carbonyl (C=O) groups excluding carboxylic acids is 1. The van der Waals surface area contributed by atoms with Crippen molar-refractivity contribution in [2.24, 2.45) is 5.92 Å². The van der Waals surface area contributed by atoms with Gasteiger partial charge >= 0.3 is 5.69 Å². The lowest BCUT2D eigenvalue weighted by Gasteiger charge is -2.16. The quantitative estimate of drug-likeness (QED) is 0.401. The van der Waals surface area contributed by atoms with Crippen molar-refractivity contribution in [3.8, 4) is 0 Å². The lowest BCUT2D eigenvalue weighted by molar-refractivity contribution is 0.0955. The Morgan fingerprint density at radius 2 is 1.85 bits per heavy atom. The smallest absolute Gasteiger partial charge is 0.330 e. The molecule has 1 aromatic carbocycles. The van der Waals surface area contributed by atoms with E-state index in [9.17, 15) is 14.4 Å². The number of carbonyl (C=O) groups is 1. The van der Waals surface area contributed by atoms with Gasteiger partial charge in [-0.3, -0.25) is 19.1 Å². The van der Waals surface area contributed by atoms with Gasteiger partial charge in [0, 0.05) is 25.2 Å². The Morgan fingerprint density at radius 3 is 2.55 bits per heavy atom. The number of aromatic nitrogens is 5. The standard InChI is InChI=1S/C24H28N6O3/c1-13(2)12-30-21-20(23(32)29-24(30)33)15(11-18(28-21)14(3)4)22(31)25-10-9-19-26-16-7-5-6-8-17(16)27-19/h5-8,11,13-14H,9-10,12H2,1-4H3,(H,25,31)(H,26,27)(H,29,32,33). The number of aromatic amines is 2. The highest BCUT2D eigenvalue weighted by molar-refractivity contribution is 6.05. The van der Waals surface area contributed by atoms with Gasteiger partial charge in [-0.2, -0.15) is 0 Å². The Bertz CT molecular complexity index is 1410. The normalized spacial score (nSPS) is 11.7. The fourth-order valence-corrected chi connectivity index (χ4v) is 3.82. The molecule has 33 heavy (non-hydrogen) atoms. The van der Waals surface area contributed by atoms with Crippen LogP contribution in [0.5, 0.6) is 0 Å². The number of nitrogens with zero attached hydrogens (tertiary/aromatic N) is 3. The Kier molecular flexibility index (Phi) is 6.13. The summed E-state index contributed by atoms with van der Waals surface area (Å²) in [7, 11) is 0. The zero-order valence-corrected chi connectivity index (χ0v) is 19.2. The summed E-state index contributed by atoms with van der Waals surface area (Å²) in [5, 5.41) is 3.01. The van der Waals surface area contributed by atoms with Crippen LogP contribution in [-0.2, 0) is 13.0 Å². The summed E-state index contributed by atoms with van der Waals surface area (Å²) in [5.41, 5.74) is 1.78. The first kappa shape index (κ1) is 22.4. The molecule has 0 saturated heterocycles. The lowest BCUT2D eigenvalue weighted by Crippen LogP contribution is -2.34. The molecule has 9 heteroatoms. The van der Waals surface area contributed by atoms with Crippen molar-refractivity contribution in [2.45, 2.75) is 46.6 Å². The number of para-hydroxylation sites is 2. The third kappa shape index (κ3) is 4.57. The monoisotopic (exact) mass is 448 g/mol. The molecule has 9 nitrogen and oxygen atoms in total. The highest BCUT2D eigenvalue weighted by Crippen LogP contribution is 2.20. The fraction of sp³-hybridized carbons (Fsp3) is 0.375. The van der Waals surface area contributed by atoms with Crippen LogP contribution < -0.4 is 16.6 Å². The molecule has 0 aliphatic rings. The molecule has 0 spiro atoms. The molecule has 1 amide bonds. The maximum absolute atomic E-state index is 13.2. The summed E-state index contributed by atoms with van der Waals surface area (Å²) >= 11 is 0. The number of imidazole rings is 1. The van der Waals surface area contributed by atoms with Crippen LogP contribution in [0.1, 0.15) is 55.5 Å². The Hall–Kier alpha value is -3.75. The van der Waals surface area contributed by atoms with E-state index in [4.69, 9.17) is 0 Å². The van der Waals surface area contributed by atoms with Crippen LogP contribution in [0, 0.1) is 5.92 Å². The number of nitrogens with one attached hydrogen (secondary N) is 3. The SMILES string of the molecule is CC(C)Cn1c(=O)[nH]c(=O)c2c(C(=O)NCCc3nc4ccccc4[nH]3)cc(C(C)C)nc21. The number of hydrogen-bond donors (Lipinski definition) is 3. The largest absolute Gasteiger partial charge is 0.352 e. The average Bonchev–Trinajstić information content (AvgIpc) is 3.18. The van der Waals surface area contributed by atoms with Crippen molar-refractivity contribution in [2.75, 3.05) is 6.54 Å². The molecule has 0 unspecified atom stereocenters. The van der Waals surface area contributed by atoms with Gasteiger partial charge < -0.3 is 10.3 Å². The van der Waals surface area contributed by atoms with E-state index in [2.05, 4.69) is 25.3 Å². The van der Waals surface area contributed by atoms with Gasteiger partial charge in [-0.1, -0.05) is 39.8 Å². The second-order valence-corrected chi connectivity index (χ2v) is 8.92. The zero-order valence-electron chi connectivity index (χ0n) is 19.2. The van der Waals surface area contributed by atoms with Crippen LogP contribution >= 0.6 is 0 Å². The molecule has 4 rings (SSSR count). The van der Waals surface area contributed by atoms with Gasteiger partial charge in [0.15, 0.2) is 5.65 Å². The van der Waals surface area contributed by atoms with Gasteiger partial charge in [-0.05, 0) is 30.0 Å². The second-order valence-electron chi connectivity index (χ2n) is 8.92. The number of pyridine rings is 1. The second kappa shape index (κ2) is 9.01. The predicted octanol–water partition coefficient (Wildman–Crippen LogP) is 2.71. The Balaban J connectivity index is 1.68. The maximum Gasteiger partial charge on any atom is 0.330 e. The van der Waals surface area contributed by atoms with Crippen LogP contribution in [0.25, 0.3) is 22.1 Å². The summed E-state index contributed by atoms with van der Waals surface area (Å²) in [6.07, 6.45) is 0.509. The van der Waals surface area contributed by atoms with Gasteiger partial charge in [0.25, 0.3) is 11.5 Å². The van der Waals surface area contributed by atoms with E-state index in [1.807, 2.05) is 52.0 Å². The molecule has 0 atom stereocenters. The van der Waals surface area contributed by atoms with Crippen LogP contribution in [0.4, 0.5) is 0 Å². The van der Waals surface area contributed by atoms with E-state index in [0.29, 0.717) is 25.2 Å². The molecule has 3 aromatic heterocycles. The first-order valence-corrected chi connectivity index (χ1v) is 11.1. The number of benzene rings is 1.